The van der Waals surface area contributed by atoms with Crippen LogP contribution in [0.25, 0.3) is 0 Å². The molecule has 0 amide bonds. The van der Waals surface area contributed by atoms with E-state index in [0.717, 1.165) is 122 Å². The Balaban J connectivity index is 4.43. The summed E-state index contributed by atoms with van der Waals surface area (Å²) in [5.74, 6) is -0.499. The molecule has 0 aromatic rings. The summed E-state index contributed by atoms with van der Waals surface area (Å²) in [6.45, 7) is 7.48. The molecule has 0 rings (SSSR count). The first-order valence-electron chi connectivity index (χ1n) is 28.7. The number of hydrogen-bond acceptors (Lipinski definition) is 5. The van der Waals surface area contributed by atoms with Gasteiger partial charge in [0.15, 0.2) is 6.10 Å². The molecule has 0 heterocycles. The van der Waals surface area contributed by atoms with E-state index in [1.54, 1.807) is 0 Å². The Morgan fingerprint density at radius 2 is 0.657 bits per heavy atom. The molecule has 5 nitrogen and oxygen atoms in total. The number of unbranched alkanes of at least 4 members (excludes halogenated alkanes) is 18. The molecule has 396 valence electrons. The van der Waals surface area contributed by atoms with Gasteiger partial charge in [-0.2, -0.15) is 0 Å². The molecule has 1 atom stereocenters. The molecule has 0 spiro atoms. The van der Waals surface area contributed by atoms with E-state index in [1.165, 1.54) is 83.5 Å². The molecule has 5 heteroatoms. The van der Waals surface area contributed by atoms with Crippen molar-refractivity contribution in [3.8, 4) is 0 Å². The average Bonchev–Trinajstić information content (AvgIpc) is 3.36. The maximum Gasteiger partial charge on any atom is 0.306 e. The number of hydrogen-bond donors (Lipinski definition) is 0. The van der Waals surface area contributed by atoms with Gasteiger partial charge < -0.3 is 14.2 Å². The van der Waals surface area contributed by atoms with E-state index in [9.17, 15) is 9.59 Å². The van der Waals surface area contributed by atoms with E-state index >= 15 is 0 Å². The molecule has 0 saturated carbocycles. The fourth-order valence-corrected chi connectivity index (χ4v) is 7.45. The quantitative estimate of drug-likeness (QED) is 0.0345. The van der Waals surface area contributed by atoms with Crippen LogP contribution in [0.4, 0.5) is 0 Å². The molecule has 1 unspecified atom stereocenters. The second-order valence-corrected chi connectivity index (χ2v) is 18.4. The first-order chi connectivity index (χ1) is 34.6. The van der Waals surface area contributed by atoms with Crippen LogP contribution in [0.5, 0.6) is 0 Å². The maximum atomic E-state index is 12.9. The average molecular weight is 968 g/mol. The van der Waals surface area contributed by atoms with Crippen molar-refractivity contribution in [3.63, 3.8) is 0 Å². The highest BCUT2D eigenvalue weighted by Crippen LogP contribution is 2.13. The first-order valence-corrected chi connectivity index (χ1v) is 28.7. The summed E-state index contributed by atoms with van der Waals surface area (Å²) in [6.07, 6.45) is 84.8. The monoisotopic (exact) mass is 967 g/mol. The molecule has 0 aliphatic carbocycles. The topological polar surface area (TPSA) is 61.8 Å². The van der Waals surface area contributed by atoms with Gasteiger partial charge in [-0.25, -0.2) is 0 Å². The van der Waals surface area contributed by atoms with E-state index < -0.39 is 6.10 Å². The van der Waals surface area contributed by atoms with Crippen LogP contribution in [0.1, 0.15) is 239 Å². The van der Waals surface area contributed by atoms with Crippen LogP contribution in [0.3, 0.4) is 0 Å². The molecular weight excluding hydrogens is 861 g/mol. The summed E-state index contributed by atoms with van der Waals surface area (Å²) in [5, 5.41) is 0. The SMILES string of the molecule is CC/C=C\C/C=C\C/C=C\C/C=C\C/C=C\CCCC(=O)OCC(COCCCCCCCCCCCC/C=C\C/C=C\CCCCC)OC(=O)CCCCCC/C=C\C/C=C\C/C=C\C/C=C\CC. The minimum Gasteiger partial charge on any atom is -0.462 e. The van der Waals surface area contributed by atoms with Gasteiger partial charge in [-0.15, -0.1) is 0 Å². The lowest BCUT2D eigenvalue weighted by Crippen LogP contribution is -2.30. The molecule has 0 aliphatic rings. The zero-order valence-corrected chi connectivity index (χ0v) is 45.5. The number of allylic oxidation sites excluding steroid dienone is 22. The lowest BCUT2D eigenvalue weighted by Gasteiger charge is -2.18. The van der Waals surface area contributed by atoms with Crippen LogP contribution in [0, 0.1) is 0 Å². The Bertz CT molecular complexity index is 1470. The third-order valence-corrected chi connectivity index (χ3v) is 11.7. The van der Waals surface area contributed by atoms with Gasteiger partial charge in [0.2, 0.25) is 0 Å². The highest BCUT2D eigenvalue weighted by molar-refractivity contribution is 5.70. The molecule has 0 aromatic heterocycles. The third kappa shape index (κ3) is 56.6. The van der Waals surface area contributed by atoms with Crippen LogP contribution >= 0.6 is 0 Å². The van der Waals surface area contributed by atoms with Crippen molar-refractivity contribution in [2.45, 2.75) is 245 Å². The third-order valence-electron chi connectivity index (χ3n) is 11.7. The Morgan fingerprint density at radius 3 is 1.07 bits per heavy atom. The molecular formula is C65H106O5. The summed E-state index contributed by atoms with van der Waals surface area (Å²) >= 11 is 0. The van der Waals surface area contributed by atoms with E-state index in [4.69, 9.17) is 14.2 Å². The molecule has 0 bridgehead atoms. The van der Waals surface area contributed by atoms with Crippen LogP contribution in [-0.4, -0.2) is 37.9 Å². The Morgan fingerprint density at radius 1 is 0.329 bits per heavy atom. The van der Waals surface area contributed by atoms with Crippen LogP contribution in [0.2, 0.25) is 0 Å². The van der Waals surface area contributed by atoms with Crippen molar-refractivity contribution in [2.75, 3.05) is 19.8 Å². The van der Waals surface area contributed by atoms with Crippen molar-refractivity contribution < 1.29 is 23.8 Å². The lowest BCUT2D eigenvalue weighted by atomic mass is 10.1. The van der Waals surface area contributed by atoms with Crippen molar-refractivity contribution >= 4 is 11.9 Å². The van der Waals surface area contributed by atoms with Gasteiger partial charge in [0, 0.05) is 19.4 Å². The van der Waals surface area contributed by atoms with Gasteiger partial charge in [-0.05, 0) is 128 Å². The Labute approximate surface area is 432 Å². The van der Waals surface area contributed by atoms with Gasteiger partial charge in [-0.3, -0.25) is 9.59 Å². The minimum atomic E-state index is -0.584. The van der Waals surface area contributed by atoms with E-state index in [1.807, 2.05) is 0 Å². The van der Waals surface area contributed by atoms with Gasteiger partial charge in [0.1, 0.15) is 6.61 Å². The van der Waals surface area contributed by atoms with Gasteiger partial charge in [0.05, 0.1) is 6.61 Å². The standard InChI is InChI=1S/C65H106O5/c1-4-7-10-13-16-19-22-25-28-31-32-33-36-39-42-45-48-51-54-57-60-68-61-63(70-65(67)59-56-53-50-47-44-41-38-35-30-27-24-21-18-15-12-9-6-3)62-69-64(66)58-55-52-49-46-43-40-37-34-29-26-23-20-17-14-11-8-5-2/h8-9,11-12,16-21,25-30,37-38,40-41,46,49,63H,4-7,10,13-15,22-24,31-36,39,42-45,47-48,50-62H2,1-3H3/b11-8-,12-9-,19-16-,20-17-,21-18-,28-25-,29-26-,30-27-,40-37-,41-38-,49-46-. The van der Waals surface area contributed by atoms with E-state index in [-0.39, 0.29) is 25.2 Å². The molecule has 0 aromatic carbocycles. The highest BCUT2D eigenvalue weighted by atomic mass is 16.6. The predicted octanol–water partition coefficient (Wildman–Crippen LogP) is 19.9. The fourth-order valence-electron chi connectivity index (χ4n) is 7.45. The normalized spacial score (nSPS) is 13.2. The largest absolute Gasteiger partial charge is 0.462 e. The van der Waals surface area contributed by atoms with Crippen molar-refractivity contribution in [1.82, 2.24) is 0 Å². The van der Waals surface area contributed by atoms with E-state index in [2.05, 4.69) is 154 Å². The van der Waals surface area contributed by atoms with Gasteiger partial charge in [0.25, 0.3) is 0 Å². The zero-order chi connectivity index (χ0) is 50.6. The molecule has 0 radical (unpaired) electrons. The Kier molecular flexibility index (Phi) is 56.0. The van der Waals surface area contributed by atoms with Crippen LogP contribution < -0.4 is 0 Å². The number of carbonyl (C=O) groups excluding carboxylic acids is 2. The van der Waals surface area contributed by atoms with Gasteiger partial charge >= 0.3 is 11.9 Å². The van der Waals surface area contributed by atoms with Crippen molar-refractivity contribution in [2.24, 2.45) is 0 Å². The van der Waals surface area contributed by atoms with Gasteiger partial charge in [-0.1, -0.05) is 231 Å². The summed E-state index contributed by atoms with van der Waals surface area (Å²) in [7, 11) is 0. The smallest absolute Gasteiger partial charge is 0.306 e. The molecule has 0 N–H and O–H groups in total. The van der Waals surface area contributed by atoms with Crippen LogP contribution in [0.15, 0.2) is 134 Å². The molecule has 70 heavy (non-hydrogen) atoms. The van der Waals surface area contributed by atoms with Crippen LogP contribution in [-0.2, 0) is 23.8 Å². The second-order valence-electron chi connectivity index (χ2n) is 18.4. The summed E-state index contributed by atoms with van der Waals surface area (Å²) in [6, 6.07) is 0. The molecule has 0 saturated heterocycles. The number of ether oxygens (including phenoxy) is 3. The summed E-state index contributed by atoms with van der Waals surface area (Å²) < 4.78 is 17.4. The predicted molar refractivity (Wildman–Crippen MR) is 306 cm³/mol. The maximum absolute atomic E-state index is 12.9. The Hall–Kier alpha value is -3.96. The fraction of sp³-hybridized carbons (Fsp3) is 0.631. The van der Waals surface area contributed by atoms with Crippen molar-refractivity contribution in [3.05, 3.63) is 134 Å². The number of carbonyl (C=O) groups is 2. The first kappa shape index (κ1) is 66.0. The number of esters is 2. The summed E-state index contributed by atoms with van der Waals surface area (Å²) in [5.41, 5.74) is 0. The highest BCUT2D eigenvalue weighted by Gasteiger charge is 2.17. The van der Waals surface area contributed by atoms with Crippen molar-refractivity contribution in [1.29, 1.82) is 0 Å². The minimum absolute atomic E-state index is 0.0364. The molecule has 0 fully saturated rings. The summed E-state index contributed by atoms with van der Waals surface area (Å²) in [4.78, 5) is 25.5. The van der Waals surface area contributed by atoms with E-state index in [0.29, 0.717) is 19.4 Å². The second kappa shape index (κ2) is 59.3. The zero-order valence-electron chi connectivity index (χ0n) is 45.5. The molecule has 0 aliphatic heterocycles. The number of rotatable bonds is 51. The lowest BCUT2D eigenvalue weighted by molar-refractivity contribution is -0.163.